The van der Waals surface area contributed by atoms with Crippen molar-refractivity contribution in [3.8, 4) is 11.3 Å². The summed E-state index contributed by atoms with van der Waals surface area (Å²) >= 11 is 6.00. The summed E-state index contributed by atoms with van der Waals surface area (Å²) in [5, 5.41) is 3.77. The highest BCUT2D eigenvalue weighted by atomic mass is 35.5. The van der Waals surface area contributed by atoms with Gasteiger partial charge in [-0.05, 0) is 37.9 Å². The zero-order chi connectivity index (χ0) is 13.9. The Morgan fingerprint density at radius 3 is 3.00 bits per heavy atom. The average molecular weight is 295 g/mol. The molecular formula is C15H16ClFN2O. The van der Waals surface area contributed by atoms with Crippen LogP contribution < -0.4 is 5.32 Å². The first-order chi connectivity index (χ1) is 9.74. The van der Waals surface area contributed by atoms with Crippen LogP contribution in [0.3, 0.4) is 0 Å². The van der Waals surface area contributed by atoms with E-state index in [1.807, 2.05) is 0 Å². The van der Waals surface area contributed by atoms with E-state index in [4.69, 9.17) is 16.0 Å². The van der Waals surface area contributed by atoms with Crippen LogP contribution in [0.2, 0.25) is 5.02 Å². The molecule has 0 bridgehead atoms. The molecule has 106 valence electrons. The zero-order valence-corrected chi connectivity index (χ0v) is 11.8. The summed E-state index contributed by atoms with van der Waals surface area (Å²) in [5.41, 5.74) is 0.282. The van der Waals surface area contributed by atoms with Crippen LogP contribution in [0.4, 0.5) is 4.39 Å². The van der Waals surface area contributed by atoms with Crippen molar-refractivity contribution in [2.75, 3.05) is 6.54 Å². The molecule has 3 nitrogen and oxygen atoms in total. The molecule has 0 aliphatic heterocycles. The van der Waals surface area contributed by atoms with Crippen molar-refractivity contribution in [1.82, 2.24) is 10.3 Å². The number of aromatic nitrogens is 1. The third-order valence-corrected chi connectivity index (χ3v) is 3.66. The van der Waals surface area contributed by atoms with Gasteiger partial charge in [0.25, 0.3) is 0 Å². The van der Waals surface area contributed by atoms with Crippen LogP contribution in [-0.2, 0) is 6.42 Å². The van der Waals surface area contributed by atoms with E-state index >= 15 is 0 Å². The van der Waals surface area contributed by atoms with Crippen LogP contribution in [0.25, 0.3) is 11.3 Å². The van der Waals surface area contributed by atoms with Crippen LogP contribution >= 0.6 is 11.6 Å². The molecule has 1 N–H and O–H groups in total. The molecule has 0 amide bonds. The molecule has 5 heteroatoms. The predicted molar refractivity (Wildman–Crippen MR) is 76.3 cm³/mol. The summed E-state index contributed by atoms with van der Waals surface area (Å²) in [5.74, 6) is 0.616. The molecule has 0 unspecified atom stereocenters. The van der Waals surface area contributed by atoms with Gasteiger partial charge in [0, 0.05) is 12.5 Å². The van der Waals surface area contributed by atoms with Gasteiger partial charge in [-0.2, -0.15) is 0 Å². The fourth-order valence-corrected chi connectivity index (χ4v) is 2.36. The first-order valence-electron chi connectivity index (χ1n) is 6.86. The van der Waals surface area contributed by atoms with Gasteiger partial charge < -0.3 is 9.73 Å². The fraction of sp³-hybridized carbons (Fsp3) is 0.400. The first kappa shape index (κ1) is 13.6. The van der Waals surface area contributed by atoms with Crippen molar-refractivity contribution < 1.29 is 8.81 Å². The standard InChI is InChI=1S/C15H16ClFN2O/c16-11-3-1-4-12(17)15(11)13-9-19-14(20-13)5-2-8-18-10-6-7-10/h1,3-4,9-10,18H,2,5-8H2. The minimum absolute atomic E-state index is 0.282. The van der Waals surface area contributed by atoms with Gasteiger partial charge in [-0.1, -0.05) is 17.7 Å². The number of nitrogens with one attached hydrogen (secondary N) is 1. The second-order valence-corrected chi connectivity index (χ2v) is 5.45. The molecule has 1 aliphatic rings. The number of halogens is 2. The molecule has 2 aromatic rings. The summed E-state index contributed by atoms with van der Waals surface area (Å²) in [6.45, 7) is 0.961. The Hall–Kier alpha value is -1.39. The quantitative estimate of drug-likeness (QED) is 0.823. The number of nitrogens with zero attached hydrogens (tertiary/aromatic N) is 1. The molecule has 1 aromatic carbocycles. The Labute approximate surface area is 122 Å². The molecule has 1 aliphatic carbocycles. The van der Waals surface area contributed by atoms with Gasteiger partial charge in [-0.3, -0.25) is 0 Å². The van der Waals surface area contributed by atoms with Gasteiger partial charge in [-0.15, -0.1) is 0 Å². The molecule has 0 radical (unpaired) electrons. The van der Waals surface area contributed by atoms with Gasteiger partial charge in [0.15, 0.2) is 11.7 Å². The Kier molecular flexibility index (Phi) is 4.03. The van der Waals surface area contributed by atoms with Crippen molar-refractivity contribution in [1.29, 1.82) is 0 Å². The van der Waals surface area contributed by atoms with Gasteiger partial charge in [0.05, 0.1) is 16.8 Å². The third kappa shape index (κ3) is 3.19. The highest BCUT2D eigenvalue weighted by molar-refractivity contribution is 6.33. The second kappa shape index (κ2) is 5.94. The van der Waals surface area contributed by atoms with E-state index in [1.54, 1.807) is 12.1 Å². The number of benzene rings is 1. The molecule has 3 rings (SSSR count). The Morgan fingerprint density at radius 1 is 1.40 bits per heavy atom. The maximum atomic E-state index is 13.8. The Morgan fingerprint density at radius 2 is 2.25 bits per heavy atom. The van der Waals surface area contributed by atoms with Crippen LogP contribution in [0, 0.1) is 5.82 Å². The van der Waals surface area contributed by atoms with E-state index in [1.165, 1.54) is 25.1 Å². The number of oxazole rings is 1. The van der Waals surface area contributed by atoms with E-state index in [2.05, 4.69) is 10.3 Å². The van der Waals surface area contributed by atoms with Crippen molar-refractivity contribution in [3.05, 3.63) is 41.1 Å². The van der Waals surface area contributed by atoms with Crippen LogP contribution in [0.1, 0.15) is 25.2 Å². The Bertz CT molecular complexity index is 575. The average Bonchev–Trinajstić information content (AvgIpc) is 3.13. The lowest BCUT2D eigenvalue weighted by atomic mass is 10.2. The van der Waals surface area contributed by atoms with Crippen molar-refractivity contribution >= 4 is 11.6 Å². The maximum Gasteiger partial charge on any atom is 0.194 e. The van der Waals surface area contributed by atoms with E-state index in [-0.39, 0.29) is 5.56 Å². The second-order valence-electron chi connectivity index (χ2n) is 5.05. The predicted octanol–water partition coefficient (Wildman–Crippen LogP) is 3.82. The summed E-state index contributed by atoms with van der Waals surface area (Å²) in [6.07, 6.45) is 5.81. The van der Waals surface area contributed by atoms with Gasteiger partial charge in [0.1, 0.15) is 5.82 Å². The molecule has 1 saturated carbocycles. The van der Waals surface area contributed by atoms with Crippen molar-refractivity contribution in [2.24, 2.45) is 0 Å². The van der Waals surface area contributed by atoms with Gasteiger partial charge in [-0.25, -0.2) is 9.37 Å². The van der Waals surface area contributed by atoms with Gasteiger partial charge >= 0.3 is 0 Å². The summed E-state index contributed by atoms with van der Waals surface area (Å²) in [4.78, 5) is 4.19. The van der Waals surface area contributed by atoms with Crippen LogP contribution in [0.15, 0.2) is 28.8 Å². The highest BCUT2D eigenvalue weighted by Gasteiger charge is 2.19. The van der Waals surface area contributed by atoms with E-state index in [0.29, 0.717) is 22.7 Å². The van der Waals surface area contributed by atoms with Gasteiger partial charge in [0.2, 0.25) is 0 Å². The van der Waals surface area contributed by atoms with E-state index < -0.39 is 5.82 Å². The van der Waals surface area contributed by atoms with E-state index in [9.17, 15) is 4.39 Å². The first-order valence-corrected chi connectivity index (χ1v) is 7.24. The molecule has 1 aromatic heterocycles. The highest BCUT2D eigenvalue weighted by Crippen LogP contribution is 2.31. The molecule has 0 atom stereocenters. The fourth-order valence-electron chi connectivity index (χ4n) is 2.11. The van der Waals surface area contributed by atoms with Crippen LogP contribution in [-0.4, -0.2) is 17.6 Å². The molecule has 20 heavy (non-hydrogen) atoms. The third-order valence-electron chi connectivity index (χ3n) is 3.34. The van der Waals surface area contributed by atoms with Crippen molar-refractivity contribution in [2.45, 2.75) is 31.7 Å². The molecular weight excluding hydrogens is 279 g/mol. The Balaban J connectivity index is 1.63. The zero-order valence-electron chi connectivity index (χ0n) is 11.0. The minimum Gasteiger partial charge on any atom is -0.441 e. The monoisotopic (exact) mass is 294 g/mol. The molecule has 1 heterocycles. The lowest BCUT2D eigenvalue weighted by molar-refractivity contribution is 0.488. The normalized spacial score (nSPS) is 14.7. The van der Waals surface area contributed by atoms with Crippen LogP contribution in [0.5, 0.6) is 0 Å². The smallest absolute Gasteiger partial charge is 0.194 e. The largest absolute Gasteiger partial charge is 0.441 e. The molecule has 0 spiro atoms. The summed E-state index contributed by atoms with van der Waals surface area (Å²) in [6, 6.07) is 5.29. The number of rotatable bonds is 6. The minimum atomic E-state index is -0.393. The van der Waals surface area contributed by atoms with Crippen molar-refractivity contribution in [3.63, 3.8) is 0 Å². The maximum absolute atomic E-state index is 13.8. The number of aryl methyl sites for hydroxylation is 1. The lowest BCUT2D eigenvalue weighted by Crippen LogP contribution is -2.17. The number of hydrogen-bond acceptors (Lipinski definition) is 3. The SMILES string of the molecule is Fc1cccc(Cl)c1-c1cnc(CCCNC2CC2)o1. The topological polar surface area (TPSA) is 38.1 Å². The lowest BCUT2D eigenvalue weighted by Gasteiger charge is -2.02. The van der Waals surface area contributed by atoms with E-state index in [0.717, 1.165) is 19.4 Å². The molecule has 1 fully saturated rings. The molecule has 0 saturated heterocycles. The number of hydrogen-bond donors (Lipinski definition) is 1. The summed E-state index contributed by atoms with van der Waals surface area (Å²) in [7, 11) is 0. The summed E-state index contributed by atoms with van der Waals surface area (Å²) < 4.78 is 19.4.